The number of ether oxygens (including phenoxy) is 3. The third-order valence-electron chi connectivity index (χ3n) is 8.26. The zero-order valence-corrected chi connectivity index (χ0v) is 23.9. The molecule has 4 rings (SSSR count). The Morgan fingerprint density at radius 3 is 2.36 bits per heavy atom. The number of nitrogens with one attached hydrogen (secondary N) is 1. The summed E-state index contributed by atoms with van der Waals surface area (Å²) in [5, 5.41) is 18.6. The van der Waals surface area contributed by atoms with Crippen LogP contribution in [0.1, 0.15) is 80.4 Å². The maximum Gasteiger partial charge on any atom is 0.144 e. The van der Waals surface area contributed by atoms with E-state index < -0.39 is 11.7 Å². The van der Waals surface area contributed by atoms with E-state index in [1.807, 2.05) is 25.3 Å². The number of hydrogen-bond donors (Lipinski definition) is 2. The first kappa shape index (κ1) is 29.4. The highest BCUT2D eigenvalue weighted by Gasteiger charge is 2.51. The second kappa shape index (κ2) is 14.7. The van der Waals surface area contributed by atoms with Crippen LogP contribution in [0.15, 0.2) is 47.6 Å². The Labute approximate surface area is 233 Å². The Bertz CT molecular complexity index is 1050. The molecule has 2 N–H and O–H groups in total. The SMILES string of the molecule is COc1cc(CCNCC(O)CO/N=C2/c3ccccc3C3CCCCCCCCCC23OC)cc(OC)c1. The zero-order chi connectivity index (χ0) is 27.5. The van der Waals surface area contributed by atoms with Gasteiger partial charge in [0.15, 0.2) is 0 Å². The monoisotopic (exact) mass is 538 g/mol. The first-order valence-corrected chi connectivity index (χ1v) is 14.6. The van der Waals surface area contributed by atoms with Crippen LogP contribution in [-0.4, -0.2) is 63.5 Å². The molecule has 3 atom stereocenters. The smallest absolute Gasteiger partial charge is 0.144 e. The minimum absolute atomic E-state index is 0.121. The van der Waals surface area contributed by atoms with Gasteiger partial charge >= 0.3 is 0 Å². The van der Waals surface area contributed by atoms with Gasteiger partial charge in [0.25, 0.3) is 0 Å². The molecule has 1 saturated carbocycles. The predicted octanol–water partition coefficient (Wildman–Crippen LogP) is 5.62. The normalized spacial score (nSPS) is 23.4. The van der Waals surface area contributed by atoms with Gasteiger partial charge in [-0.3, -0.25) is 0 Å². The molecule has 214 valence electrons. The van der Waals surface area contributed by atoms with Gasteiger partial charge in [-0.2, -0.15) is 0 Å². The van der Waals surface area contributed by atoms with Crippen molar-refractivity contribution in [2.75, 3.05) is 41.0 Å². The highest BCUT2D eigenvalue weighted by molar-refractivity contribution is 6.11. The van der Waals surface area contributed by atoms with Crippen molar-refractivity contribution < 1.29 is 24.2 Å². The van der Waals surface area contributed by atoms with Gasteiger partial charge in [-0.15, -0.1) is 0 Å². The van der Waals surface area contributed by atoms with Gasteiger partial charge in [-0.25, -0.2) is 0 Å². The standard InChI is InChI=1S/C32H46N2O5/c1-36-26-19-24(20-27(21-26)37-2)16-18-33-22-25(35)23-39-34-31-29-14-11-10-13-28(29)30-15-9-7-5-4-6-8-12-17-32(30,31)38-3/h10-11,13-14,19-21,25,30,33,35H,4-9,12,15-18,22-23H2,1-3H3/b34-31-. The number of aliphatic hydroxyl groups excluding tert-OH is 1. The number of rotatable bonds is 11. The molecule has 2 aliphatic carbocycles. The van der Waals surface area contributed by atoms with Crippen LogP contribution in [0.2, 0.25) is 0 Å². The number of oxime groups is 1. The van der Waals surface area contributed by atoms with E-state index in [1.54, 1.807) is 14.2 Å². The molecule has 0 amide bonds. The van der Waals surface area contributed by atoms with Crippen molar-refractivity contribution in [1.82, 2.24) is 5.32 Å². The minimum Gasteiger partial charge on any atom is -0.497 e. The van der Waals surface area contributed by atoms with Crippen LogP contribution in [0.4, 0.5) is 0 Å². The van der Waals surface area contributed by atoms with Crippen molar-refractivity contribution in [3.8, 4) is 11.5 Å². The summed E-state index contributed by atoms with van der Waals surface area (Å²) in [5.41, 5.74) is 3.96. The number of nitrogens with zero attached hydrogens (tertiary/aromatic N) is 1. The molecule has 39 heavy (non-hydrogen) atoms. The lowest BCUT2D eigenvalue weighted by Crippen LogP contribution is -2.42. The first-order valence-electron chi connectivity index (χ1n) is 14.6. The zero-order valence-electron chi connectivity index (χ0n) is 23.9. The van der Waals surface area contributed by atoms with Gasteiger partial charge in [-0.05, 0) is 49.1 Å². The number of hydrogen-bond acceptors (Lipinski definition) is 7. The summed E-state index contributed by atoms with van der Waals surface area (Å²) >= 11 is 0. The molecule has 0 heterocycles. The van der Waals surface area contributed by atoms with E-state index >= 15 is 0 Å². The Kier molecular flexibility index (Phi) is 11.1. The Morgan fingerprint density at radius 1 is 0.949 bits per heavy atom. The Morgan fingerprint density at radius 2 is 1.64 bits per heavy atom. The van der Waals surface area contributed by atoms with Crippen molar-refractivity contribution in [2.45, 2.75) is 81.8 Å². The van der Waals surface area contributed by atoms with E-state index in [0.29, 0.717) is 13.1 Å². The summed E-state index contributed by atoms with van der Waals surface area (Å²) in [6, 6.07) is 14.4. The lowest BCUT2D eigenvalue weighted by Gasteiger charge is -2.35. The molecule has 7 nitrogen and oxygen atoms in total. The summed E-state index contributed by atoms with van der Waals surface area (Å²) in [5.74, 6) is 1.82. The second-order valence-corrected chi connectivity index (χ2v) is 10.8. The highest BCUT2D eigenvalue weighted by atomic mass is 16.6. The van der Waals surface area contributed by atoms with E-state index in [4.69, 9.17) is 19.0 Å². The van der Waals surface area contributed by atoms with E-state index in [9.17, 15) is 5.11 Å². The Hall–Kier alpha value is -2.61. The van der Waals surface area contributed by atoms with E-state index in [1.165, 1.54) is 44.1 Å². The number of aliphatic hydroxyl groups is 1. The van der Waals surface area contributed by atoms with Crippen molar-refractivity contribution in [2.24, 2.45) is 5.16 Å². The minimum atomic E-state index is -0.673. The van der Waals surface area contributed by atoms with Gasteiger partial charge in [0.1, 0.15) is 35.5 Å². The second-order valence-electron chi connectivity index (χ2n) is 10.8. The van der Waals surface area contributed by atoms with Crippen LogP contribution < -0.4 is 14.8 Å². The molecule has 3 unspecified atom stereocenters. The topological polar surface area (TPSA) is 81.5 Å². The van der Waals surface area contributed by atoms with Crippen LogP contribution in [0.25, 0.3) is 0 Å². The van der Waals surface area contributed by atoms with Crippen molar-refractivity contribution in [3.05, 3.63) is 59.2 Å². The van der Waals surface area contributed by atoms with Crippen LogP contribution in [0.3, 0.4) is 0 Å². The van der Waals surface area contributed by atoms with Gasteiger partial charge < -0.3 is 29.5 Å². The third kappa shape index (κ3) is 7.33. The highest BCUT2D eigenvalue weighted by Crippen LogP contribution is 2.49. The molecule has 7 heteroatoms. The van der Waals surface area contributed by atoms with Gasteiger partial charge in [-0.1, -0.05) is 74.4 Å². The largest absolute Gasteiger partial charge is 0.497 e. The van der Waals surface area contributed by atoms with Gasteiger partial charge in [0.05, 0.1) is 14.2 Å². The van der Waals surface area contributed by atoms with Crippen molar-refractivity contribution in [1.29, 1.82) is 0 Å². The number of methoxy groups -OCH3 is 3. The maximum absolute atomic E-state index is 10.6. The van der Waals surface area contributed by atoms with Crippen molar-refractivity contribution >= 4 is 5.71 Å². The molecule has 0 aromatic heterocycles. The van der Waals surface area contributed by atoms with E-state index in [-0.39, 0.29) is 12.5 Å². The lowest BCUT2D eigenvalue weighted by molar-refractivity contribution is 0.00835. The summed E-state index contributed by atoms with van der Waals surface area (Å²) in [6.45, 7) is 1.25. The Balaban J connectivity index is 1.37. The average molecular weight is 539 g/mol. The molecule has 0 bridgehead atoms. The molecule has 0 saturated heterocycles. The molecule has 1 fully saturated rings. The summed E-state index contributed by atoms with van der Waals surface area (Å²) in [6.07, 6.45) is 10.9. The molecule has 0 radical (unpaired) electrons. The van der Waals surface area contributed by atoms with E-state index in [2.05, 4.69) is 34.7 Å². The first-order chi connectivity index (χ1) is 19.1. The van der Waals surface area contributed by atoms with Crippen LogP contribution >= 0.6 is 0 Å². The molecular formula is C32H46N2O5. The van der Waals surface area contributed by atoms with Crippen molar-refractivity contribution in [3.63, 3.8) is 0 Å². The molecule has 2 aromatic carbocycles. The molecule has 0 aliphatic heterocycles. The quantitative estimate of drug-likeness (QED) is 0.285. The fraction of sp³-hybridized carbons (Fsp3) is 0.594. The van der Waals surface area contributed by atoms with Crippen LogP contribution in [0, 0.1) is 0 Å². The van der Waals surface area contributed by atoms with E-state index in [0.717, 1.165) is 54.0 Å². The molecule has 2 aliphatic rings. The molecule has 2 aromatic rings. The summed E-state index contributed by atoms with van der Waals surface area (Å²) < 4.78 is 17.1. The fourth-order valence-corrected chi connectivity index (χ4v) is 6.19. The fourth-order valence-electron chi connectivity index (χ4n) is 6.19. The lowest BCUT2D eigenvalue weighted by atomic mass is 9.79. The number of fused-ring (bicyclic) bond motifs is 3. The maximum atomic E-state index is 10.6. The van der Waals surface area contributed by atoms with Gasteiger partial charge in [0, 0.05) is 31.2 Å². The number of benzene rings is 2. The predicted molar refractivity (Wildman–Crippen MR) is 155 cm³/mol. The summed E-state index contributed by atoms with van der Waals surface area (Å²) in [4.78, 5) is 5.83. The van der Waals surface area contributed by atoms with Crippen LogP contribution in [0.5, 0.6) is 11.5 Å². The summed E-state index contributed by atoms with van der Waals surface area (Å²) in [7, 11) is 5.12. The molecule has 0 spiro atoms. The molecular weight excluding hydrogens is 492 g/mol. The van der Waals surface area contributed by atoms with Crippen LogP contribution in [-0.2, 0) is 16.0 Å². The third-order valence-corrected chi connectivity index (χ3v) is 8.26. The van der Waals surface area contributed by atoms with Gasteiger partial charge in [0.2, 0.25) is 0 Å². The average Bonchev–Trinajstić information content (AvgIpc) is 3.20.